The van der Waals surface area contributed by atoms with E-state index in [1.165, 1.54) is 18.3 Å². The van der Waals surface area contributed by atoms with E-state index >= 15 is 0 Å². The number of hydrogen-bond donors (Lipinski definition) is 2. The number of aryl methyl sites for hydroxylation is 1. The molecule has 0 aliphatic rings. The molecular weight excluding hydrogens is 316 g/mol. The lowest BCUT2D eigenvalue weighted by atomic mass is 10.2. The van der Waals surface area contributed by atoms with E-state index in [2.05, 4.69) is 9.71 Å². The molecule has 0 saturated heterocycles. The van der Waals surface area contributed by atoms with Crippen molar-refractivity contribution in [2.75, 3.05) is 4.72 Å². The van der Waals surface area contributed by atoms with Gasteiger partial charge in [-0.25, -0.2) is 18.2 Å². The summed E-state index contributed by atoms with van der Waals surface area (Å²) in [5.74, 6) is -1.24. The molecule has 1 heterocycles. The lowest BCUT2D eigenvalue weighted by Gasteiger charge is -2.11. The number of nitrogens with one attached hydrogen (secondary N) is 1. The minimum Gasteiger partial charge on any atom is -0.477 e. The predicted molar refractivity (Wildman–Crippen MR) is 78.2 cm³/mol. The molecule has 0 aliphatic carbocycles. The highest BCUT2D eigenvalue weighted by Crippen LogP contribution is 2.22. The van der Waals surface area contributed by atoms with Crippen molar-refractivity contribution < 1.29 is 18.3 Å². The van der Waals surface area contributed by atoms with Gasteiger partial charge in [0.05, 0.1) is 10.6 Å². The number of nitrogens with zero attached hydrogens (tertiary/aromatic N) is 1. The number of sulfonamides is 1. The summed E-state index contributed by atoms with van der Waals surface area (Å²) in [6, 6.07) is 7.01. The number of carboxylic acid groups (broad SMARTS) is 1. The highest BCUT2D eigenvalue weighted by atomic mass is 35.5. The molecule has 0 radical (unpaired) electrons. The Morgan fingerprint density at radius 1 is 1.29 bits per heavy atom. The lowest BCUT2D eigenvalue weighted by molar-refractivity contribution is 0.0690. The number of hydrogen-bond acceptors (Lipinski definition) is 4. The molecule has 0 spiro atoms. The van der Waals surface area contributed by atoms with Gasteiger partial charge in [0.25, 0.3) is 10.0 Å². The summed E-state index contributed by atoms with van der Waals surface area (Å²) in [4.78, 5) is 14.5. The van der Waals surface area contributed by atoms with Gasteiger partial charge in [-0.05, 0) is 36.8 Å². The first-order chi connectivity index (χ1) is 9.79. The molecule has 0 aliphatic heterocycles. The highest BCUT2D eigenvalue weighted by molar-refractivity contribution is 7.92. The van der Waals surface area contributed by atoms with Gasteiger partial charge in [0, 0.05) is 11.2 Å². The molecule has 8 heteroatoms. The number of benzene rings is 1. The molecule has 0 bridgehead atoms. The second-order valence-electron chi connectivity index (χ2n) is 4.25. The van der Waals surface area contributed by atoms with E-state index < -0.39 is 16.0 Å². The first kappa shape index (κ1) is 15.3. The summed E-state index contributed by atoms with van der Waals surface area (Å²) in [7, 11) is -3.86. The molecular formula is C13H11ClN2O4S. The average Bonchev–Trinajstić information content (AvgIpc) is 2.41. The molecule has 110 valence electrons. The van der Waals surface area contributed by atoms with E-state index in [0.29, 0.717) is 10.6 Å². The fourth-order valence-corrected chi connectivity index (χ4v) is 3.24. The van der Waals surface area contributed by atoms with Crippen LogP contribution in [0.15, 0.2) is 41.4 Å². The zero-order valence-corrected chi connectivity index (χ0v) is 12.4. The number of aromatic nitrogens is 1. The molecule has 1 aromatic heterocycles. The second kappa shape index (κ2) is 5.71. The van der Waals surface area contributed by atoms with Gasteiger partial charge in [0.2, 0.25) is 0 Å². The Morgan fingerprint density at radius 3 is 2.67 bits per heavy atom. The van der Waals surface area contributed by atoms with Crippen molar-refractivity contribution in [1.82, 2.24) is 4.98 Å². The van der Waals surface area contributed by atoms with Gasteiger partial charge in [0.1, 0.15) is 5.69 Å². The van der Waals surface area contributed by atoms with Crippen LogP contribution in [0.3, 0.4) is 0 Å². The molecule has 21 heavy (non-hydrogen) atoms. The SMILES string of the molecule is Cc1ccc(Cl)cc1S(=O)(=O)Nc1ccnc(C(=O)O)c1. The summed E-state index contributed by atoms with van der Waals surface area (Å²) in [5.41, 5.74) is 0.388. The van der Waals surface area contributed by atoms with Gasteiger partial charge in [-0.1, -0.05) is 17.7 Å². The van der Waals surface area contributed by atoms with Crippen LogP contribution >= 0.6 is 11.6 Å². The molecule has 0 fully saturated rings. The van der Waals surface area contributed by atoms with Crippen LogP contribution in [0.4, 0.5) is 5.69 Å². The quantitative estimate of drug-likeness (QED) is 0.900. The number of aromatic carboxylic acids is 1. The summed E-state index contributed by atoms with van der Waals surface area (Å²) in [5, 5.41) is 9.14. The van der Waals surface area contributed by atoms with E-state index in [9.17, 15) is 13.2 Å². The minimum atomic E-state index is -3.86. The summed E-state index contributed by atoms with van der Waals surface area (Å²) >= 11 is 5.81. The van der Waals surface area contributed by atoms with Crippen LogP contribution in [0.5, 0.6) is 0 Å². The Balaban J connectivity index is 2.40. The van der Waals surface area contributed by atoms with Crippen molar-refractivity contribution in [1.29, 1.82) is 0 Å². The lowest BCUT2D eigenvalue weighted by Crippen LogP contribution is -2.15. The third-order valence-corrected chi connectivity index (χ3v) is 4.43. The molecule has 0 amide bonds. The Bertz CT molecular complexity index is 806. The fraction of sp³-hybridized carbons (Fsp3) is 0.0769. The van der Waals surface area contributed by atoms with Gasteiger partial charge in [-0.3, -0.25) is 4.72 Å². The maximum absolute atomic E-state index is 12.3. The Kier molecular flexibility index (Phi) is 4.15. The van der Waals surface area contributed by atoms with E-state index in [1.807, 2.05) is 0 Å². The van der Waals surface area contributed by atoms with Gasteiger partial charge in [-0.15, -0.1) is 0 Å². The van der Waals surface area contributed by atoms with Gasteiger partial charge >= 0.3 is 5.97 Å². The highest BCUT2D eigenvalue weighted by Gasteiger charge is 2.18. The monoisotopic (exact) mass is 326 g/mol. The van der Waals surface area contributed by atoms with Crippen LogP contribution in [0.1, 0.15) is 16.1 Å². The largest absolute Gasteiger partial charge is 0.477 e. The van der Waals surface area contributed by atoms with Crippen molar-refractivity contribution in [3.63, 3.8) is 0 Å². The van der Waals surface area contributed by atoms with Crippen LogP contribution in [0.2, 0.25) is 5.02 Å². The van der Waals surface area contributed by atoms with Crippen LogP contribution in [0, 0.1) is 6.92 Å². The predicted octanol–water partition coefficient (Wildman–Crippen LogP) is 2.54. The average molecular weight is 327 g/mol. The number of carbonyl (C=O) groups is 1. The van der Waals surface area contributed by atoms with Crippen molar-refractivity contribution in [3.05, 3.63) is 52.8 Å². The van der Waals surface area contributed by atoms with Crippen molar-refractivity contribution >= 4 is 33.3 Å². The maximum atomic E-state index is 12.3. The van der Waals surface area contributed by atoms with Gasteiger partial charge in [-0.2, -0.15) is 0 Å². The first-order valence-corrected chi connectivity index (χ1v) is 7.64. The maximum Gasteiger partial charge on any atom is 0.354 e. The van der Waals surface area contributed by atoms with Crippen LogP contribution in [0.25, 0.3) is 0 Å². The first-order valence-electron chi connectivity index (χ1n) is 5.78. The molecule has 0 saturated carbocycles. The molecule has 6 nitrogen and oxygen atoms in total. The number of rotatable bonds is 4. The fourth-order valence-electron chi connectivity index (χ4n) is 1.68. The molecule has 2 N–H and O–H groups in total. The molecule has 2 aromatic rings. The summed E-state index contributed by atoms with van der Waals surface area (Å²) in [6.45, 7) is 1.64. The third-order valence-electron chi connectivity index (χ3n) is 2.67. The zero-order chi connectivity index (χ0) is 15.6. The zero-order valence-electron chi connectivity index (χ0n) is 10.9. The van der Waals surface area contributed by atoms with E-state index in [-0.39, 0.29) is 16.3 Å². The standard InChI is InChI=1S/C13H11ClN2O4S/c1-8-2-3-9(14)6-12(8)21(19,20)16-10-4-5-15-11(7-10)13(17)18/h2-7H,1H3,(H,15,16)(H,17,18). The van der Waals surface area contributed by atoms with Crippen molar-refractivity contribution in [2.45, 2.75) is 11.8 Å². The summed E-state index contributed by atoms with van der Waals surface area (Å²) in [6.07, 6.45) is 1.21. The van der Waals surface area contributed by atoms with E-state index in [4.69, 9.17) is 16.7 Å². The van der Waals surface area contributed by atoms with Crippen LogP contribution in [-0.2, 0) is 10.0 Å². The number of carboxylic acids is 1. The third kappa shape index (κ3) is 3.50. The normalized spacial score (nSPS) is 11.1. The van der Waals surface area contributed by atoms with E-state index in [1.54, 1.807) is 19.1 Å². The smallest absolute Gasteiger partial charge is 0.354 e. The Labute approximate surface area is 126 Å². The number of pyridine rings is 1. The Morgan fingerprint density at radius 2 is 2.00 bits per heavy atom. The molecule has 0 atom stereocenters. The number of anilines is 1. The second-order valence-corrected chi connectivity index (χ2v) is 6.34. The van der Waals surface area contributed by atoms with Crippen molar-refractivity contribution in [3.8, 4) is 0 Å². The molecule has 2 rings (SSSR count). The van der Waals surface area contributed by atoms with Gasteiger partial charge < -0.3 is 5.11 Å². The van der Waals surface area contributed by atoms with Crippen molar-refractivity contribution in [2.24, 2.45) is 0 Å². The van der Waals surface area contributed by atoms with Gasteiger partial charge in [0.15, 0.2) is 0 Å². The Hall–Kier alpha value is -2.12. The van der Waals surface area contributed by atoms with E-state index in [0.717, 1.165) is 6.07 Å². The number of halogens is 1. The van der Waals surface area contributed by atoms with Crippen LogP contribution in [-0.4, -0.2) is 24.5 Å². The topological polar surface area (TPSA) is 96.4 Å². The minimum absolute atomic E-state index is 0.0312. The molecule has 0 unspecified atom stereocenters. The van der Waals surface area contributed by atoms with Crippen LogP contribution < -0.4 is 4.72 Å². The summed E-state index contributed by atoms with van der Waals surface area (Å²) < 4.78 is 26.9. The molecule has 1 aromatic carbocycles.